The number of piperidine rings is 1. The first-order valence-corrected chi connectivity index (χ1v) is 9.48. The lowest BCUT2D eigenvalue weighted by molar-refractivity contribution is -0.131. The molecule has 1 atom stereocenters. The van der Waals surface area contributed by atoms with E-state index in [0.29, 0.717) is 29.7 Å². The van der Waals surface area contributed by atoms with Gasteiger partial charge in [-0.15, -0.1) is 0 Å². The van der Waals surface area contributed by atoms with E-state index in [1.165, 1.54) is 0 Å². The number of rotatable bonds is 4. The average molecular weight is 382 g/mol. The molecule has 1 aliphatic rings. The molecule has 3 aromatic rings. The van der Waals surface area contributed by atoms with Crippen molar-refractivity contribution in [2.24, 2.45) is 0 Å². The van der Waals surface area contributed by atoms with Gasteiger partial charge >= 0.3 is 0 Å². The molecule has 27 heavy (non-hydrogen) atoms. The van der Waals surface area contributed by atoms with E-state index in [1.54, 1.807) is 12.1 Å². The molecule has 1 saturated heterocycles. The number of halogens is 1. The van der Waals surface area contributed by atoms with E-state index >= 15 is 0 Å². The zero-order valence-electron chi connectivity index (χ0n) is 14.8. The van der Waals surface area contributed by atoms with E-state index in [-0.39, 0.29) is 11.8 Å². The zero-order valence-corrected chi connectivity index (χ0v) is 15.6. The van der Waals surface area contributed by atoms with Crippen LogP contribution >= 0.6 is 11.6 Å². The first kappa shape index (κ1) is 17.7. The second-order valence-corrected chi connectivity index (χ2v) is 7.24. The van der Waals surface area contributed by atoms with Gasteiger partial charge in [-0.3, -0.25) is 4.79 Å². The lowest BCUT2D eigenvalue weighted by Crippen LogP contribution is -2.40. The molecule has 5 nitrogen and oxygen atoms in total. The van der Waals surface area contributed by atoms with Crippen molar-refractivity contribution in [3.63, 3.8) is 0 Å². The van der Waals surface area contributed by atoms with Crippen molar-refractivity contribution in [3.05, 3.63) is 71.1 Å². The number of carbonyl (C=O) groups excluding carboxylic acids is 1. The molecule has 2 heterocycles. The molecule has 0 saturated carbocycles. The third-order valence-electron chi connectivity index (χ3n) is 4.87. The van der Waals surface area contributed by atoms with Gasteiger partial charge in [0.05, 0.1) is 12.3 Å². The Morgan fingerprint density at radius 3 is 2.70 bits per heavy atom. The quantitative estimate of drug-likeness (QED) is 0.674. The maximum Gasteiger partial charge on any atom is 0.231 e. The minimum atomic E-state index is 0.0759. The number of carbonyl (C=O) groups is 1. The minimum Gasteiger partial charge on any atom is -0.342 e. The van der Waals surface area contributed by atoms with Crippen molar-refractivity contribution in [1.82, 2.24) is 15.0 Å². The molecule has 0 spiro atoms. The lowest BCUT2D eigenvalue weighted by atomic mass is 9.97. The zero-order chi connectivity index (χ0) is 18.6. The fourth-order valence-corrected chi connectivity index (χ4v) is 3.53. The Kier molecular flexibility index (Phi) is 5.21. The van der Waals surface area contributed by atoms with Crippen LogP contribution in [-0.2, 0) is 11.2 Å². The molecule has 6 heteroatoms. The number of aromatic nitrogens is 2. The van der Waals surface area contributed by atoms with Gasteiger partial charge in [0.1, 0.15) is 0 Å². The summed E-state index contributed by atoms with van der Waals surface area (Å²) < 4.78 is 5.50. The normalized spacial score (nSPS) is 17.1. The lowest BCUT2D eigenvalue weighted by Gasteiger charge is -2.31. The Bertz CT molecular complexity index is 909. The predicted molar refractivity (Wildman–Crippen MR) is 103 cm³/mol. The summed E-state index contributed by atoms with van der Waals surface area (Å²) in [6.07, 6.45) is 2.30. The topological polar surface area (TPSA) is 59.2 Å². The molecule has 1 aliphatic heterocycles. The summed E-state index contributed by atoms with van der Waals surface area (Å²) in [5.74, 6) is 1.36. The van der Waals surface area contributed by atoms with Crippen LogP contribution in [0.1, 0.15) is 30.2 Å². The largest absolute Gasteiger partial charge is 0.342 e. The van der Waals surface area contributed by atoms with Crippen LogP contribution in [0.2, 0.25) is 5.02 Å². The summed E-state index contributed by atoms with van der Waals surface area (Å²) >= 11 is 5.93. The van der Waals surface area contributed by atoms with Crippen LogP contribution < -0.4 is 0 Å². The molecule has 1 aromatic heterocycles. The molecule has 1 amide bonds. The van der Waals surface area contributed by atoms with Crippen molar-refractivity contribution in [2.75, 3.05) is 13.1 Å². The van der Waals surface area contributed by atoms with Crippen LogP contribution in [-0.4, -0.2) is 34.0 Å². The van der Waals surface area contributed by atoms with Gasteiger partial charge in [-0.05, 0) is 42.7 Å². The van der Waals surface area contributed by atoms with E-state index in [2.05, 4.69) is 10.1 Å². The second kappa shape index (κ2) is 7.92. The number of benzene rings is 2. The van der Waals surface area contributed by atoms with Crippen LogP contribution in [0.25, 0.3) is 11.4 Å². The molecule has 0 aliphatic carbocycles. The molecule has 0 N–H and O–H groups in total. The maximum absolute atomic E-state index is 12.6. The Hall–Kier alpha value is -2.66. The van der Waals surface area contributed by atoms with Crippen LogP contribution in [0.15, 0.2) is 59.1 Å². The number of hydrogen-bond acceptors (Lipinski definition) is 4. The molecule has 138 valence electrons. The molecule has 4 rings (SSSR count). The standard InChI is InChI=1S/C21H20ClN3O2/c22-18-10-8-16(9-11-18)20-23-21(27-24-20)17-7-4-12-25(14-17)19(26)13-15-5-2-1-3-6-15/h1-3,5-6,8-11,17H,4,7,12-14H2. The predicted octanol–water partition coefficient (Wildman–Crippen LogP) is 4.34. The van der Waals surface area contributed by atoms with E-state index in [0.717, 1.165) is 30.5 Å². The summed E-state index contributed by atoms with van der Waals surface area (Å²) in [4.78, 5) is 19.1. The second-order valence-electron chi connectivity index (χ2n) is 6.80. The maximum atomic E-state index is 12.6. The number of hydrogen-bond donors (Lipinski definition) is 0. The average Bonchev–Trinajstić information content (AvgIpc) is 3.20. The highest BCUT2D eigenvalue weighted by molar-refractivity contribution is 6.30. The van der Waals surface area contributed by atoms with Crippen LogP contribution in [0, 0.1) is 0 Å². The van der Waals surface area contributed by atoms with E-state index in [1.807, 2.05) is 47.4 Å². The van der Waals surface area contributed by atoms with E-state index in [4.69, 9.17) is 16.1 Å². The van der Waals surface area contributed by atoms with Crippen molar-refractivity contribution in [1.29, 1.82) is 0 Å². The summed E-state index contributed by atoms with van der Waals surface area (Å²) in [6, 6.07) is 17.2. The smallest absolute Gasteiger partial charge is 0.231 e. The summed E-state index contributed by atoms with van der Waals surface area (Å²) in [6.45, 7) is 1.40. The molecule has 0 radical (unpaired) electrons. The van der Waals surface area contributed by atoms with Gasteiger partial charge in [0.25, 0.3) is 0 Å². The third-order valence-corrected chi connectivity index (χ3v) is 5.12. The van der Waals surface area contributed by atoms with Gasteiger partial charge in [-0.1, -0.05) is 47.1 Å². The van der Waals surface area contributed by atoms with E-state index < -0.39 is 0 Å². The molecule has 1 fully saturated rings. The Morgan fingerprint density at radius 2 is 1.93 bits per heavy atom. The summed E-state index contributed by atoms with van der Waals surface area (Å²) in [5.41, 5.74) is 1.90. The van der Waals surface area contributed by atoms with Gasteiger partial charge in [0, 0.05) is 23.7 Å². The van der Waals surface area contributed by atoms with Gasteiger partial charge < -0.3 is 9.42 Å². The van der Waals surface area contributed by atoms with Crippen molar-refractivity contribution >= 4 is 17.5 Å². The molecule has 2 aromatic carbocycles. The van der Waals surface area contributed by atoms with Crippen molar-refractivity contribution in [3.8, 4) is 11.4 Å². The van der Waals surface area contributed by atoms with Gasteiger partial charge in [-0.2, -0.15) is 4.98 Å². The van der Waals surface area contributed by atoms with Crippen LogP contribution in [0.4, 0.5) is 0 Å². The fourth-order valence-electron chi connectivity index (χ4n) is 3.40. The summed E-state index contributed by atoms with van der Waals surface area (Å²) in [7, 11) is 0. The number of amides is 1. The first-order valence-electron chi connectivity index (χ1n) is 9.10. The SMILES string of the molecule is O=C(Cc1ccccc1)N1CCCC(c2nc(-c3ccc(Cl)cc3)no2)C1. The first-order chi connectivity index (χ1) is 13.2. The highest BCUT2D eigenvalue weighted by Crippen LogP contribution is 2.28. The van der Waals surface area contributed by atoms with Crippen molar-refractivity contribution < 1.29 is 9.32 Å². The Morgan fingerprint density at radius 1 is 1.15 bits per heavy atom. The van der Waals surface area contributed by atoms with Crippen LogP contribution in [0.5, 0.6) is 0 Å². The molecular formula is C21H20ClN3O2. The van der Waals surface area contributed by atoms with Gasteiger partial charge in [0.15, 0.2) is 0 Å². The third kappa shape index (κ3) is 4.19. The van der Waals surface area contributed by atoms with Gasteiger partial charge in [-0.25, -0.2) is 0 Å². The van der Waals surface area contributed by atoms with Crippen LogP contribution in [0.3, 0.4) is 0 Å². The fraction of sp³-hybridized carbons (Fsp3) is 0.286. The molecular weight excluding hydrogens is 362 g/mol. The Balaban J connectivity index is 1.44. The minimum absolute atomic E-state index is 0.0759. The highest BCUT2D eigenvalue weighted by Gasteiger charge is 2.28. The van der Waals surface area contributed by atoms with E-state index in [9.17, 15) is 4.79 Å². The Labute approximate surface area is 163 Å². The summed E-state index contributed by atoms with van der Waals surface area (Å²) in [5, 5.41) is 4.77. The monoisotopic (exact) mass is 381 g/mol. The van der Waals surface area contributed by atoms with Gasteiger partial charge in [0.2, 0.25) is 17.6 Å². The number of nitrogens with zero attached hydrogens (tertiary/aromatic N) is 3. The van der Waals surface area contributed by atoms with Crippen molar-refractivity contribution in [2.45, 2.75) is 25.2 Å². The molecule has 1 unspecified atom stereocenters. The highest BCUT2D eigenvalue weighted by atomic mass is 35.5. The number of likely N-dealkylation sites (tertiary alicyclic amines) is 1. The molecule has 0 bridgehead atoms.